The van der Waals surface area contributed by atoms with Crippen LogP contribution in [0.3, 0.4) is 0 Å². The smallest absolute Gasteiger partial charge is 0.0884 e. The van der Waals surface area contributed by atoms with Crippen LogP contribution in [0.4, 0.5) is 0 Å². The fourth-order valence-corrected chi connectivity index (χ4v) is 0.332. The van der Waals surface area contributed by atoms with Crippen LogP contribution in [0.1, 0.15) is 20.3 Å². The van der Waals surface area contributed by atoms with Crippen molar-refractivity contribution >= 4 is 6.21 Å². The molecule has 0 radical (unpaired) electrons. The van der Waals surface area contributed by atoms with Crippen molar-refractivity contribution < 1.29 is 5.11 Å². The normalized spacial score (nSPS) is 14.9. The Morgan fingerprint density at radius 3 is 2.62 bits per heavy atom. The van der Waals surface area contributed by atoms with Crippen molar-refractivity contribution in [3.63, 3.8) is 0 Å². The van der Waals surface area contributed by atoms with Gasteiger partial charge in [0.1, 0.15) is 0 Å². The van der Waals surface area contributed by atoms with Crippen molar-refractivity contribution in [2.75, 3.05) is 6.54 Å². The molecule has 8 heavy (non-hydrogen) atoms. The van der Waals surface area contributed by atoms with Crippen molar-refractivity contribution in [2.45, 2.75) is 26.4 Å². The monoisotopic (exact) mass is 115 g/mol. The maximum Gasteiger partial charge on any atom is 0.0884 e. The Kier molecular flexibility index (Phi) is 4.56. The van der Waals surface area contributed by atoms with Crippen LogP contribution in [0.5, 0.6) is 0 Å². The largest absolute Gasteiger partial charge is 0.387 e. The number of hydrogen-bond acceptors (Lipinski definition) is 2. The van der Waals surface area contributed by atoms with Gasteiger partial charge in [0, 0.05) is 12.8 Å². The van der Waals surface area contributed by atoms with E-state index >= 15 is 0 Å². The summed E-state index contributed by atoms with van der Waals surface area (Å²) in [5.74, 6) is 0. The zero-order valence-electron chi connectivity index (χ0n) is 5.46. The highest BCUT2D eigenvalue weighted by atomic mass is 16.3. The Morgan fingerprint density at radius 2 is 2.25 bits per heavy atom. The van der Waals surface area contributed by atoms with Crippen LogP contribution in [-0.4, -0.2) is 24.0 Å². The molecule has 0 aromatic heterocycles. The van der Waals surface area contributed by atoms with E-state index in [0.717, 1.165) is 13.0 Å². The highest BCUT2D eigenvalue weighted by molar-refractivity contribution is 5.62. The Bertz CT molecular complexity index is 70.9. The van der Waals surface area contributed by atoms with E-state index in [1.54, 1.807) is 6.21 Å². The van der Waals surface area contributed by atoms with Crippen molar-refractivity contribution in [1.82, 2.24) is 0 Å². The standard InChI is InChI=1S/C6H13NO/c1-3-6(8)5-7-4-2/h5-6,8H,3-4H2,1-2H3. The summed E-state index contributed by atoms with van der Waals surface area (Å²) in [4.78, 5) is 3.87. The van der Waals surface area contributed by atoms with Gasteiger partial charge >= 0.3 is 0 Å². The minimum absolute atomic E-state index is 0.338. The molecular weight excluding hydrogens is 102 g/mol. The topological polar surface area (TPSA) is 32.6 Å². The molecule has 1 unspecified atom stereocenters. The maximum atomic E-state index is 8.84. The molecule has 0 heterocycles. The number of aliphatic hydroxyl groups is 1. The minimum atomic E-state index is -0.338. The van der Waals surface area contributed by atoms with Crippen LogP contribution >= 0.6 is 0 Å². The highest BCUT2D eigenvalue weighted by Gasteiger charge is 1.90. The summed E-state index contributed by atoms with van der Waals surface area (Å²) in [6.45, 7) is 4.63. The van der Waals surface area contributed by atoms with Gasteiger partial charge < -0.3 is 5.11 Å². The Morgan fingerprint density at radius 1 is 1.62 bits per heavy atom. The van der Waals surface area contributed by atoms with Gasteiger partial charge in [0.25, 0.3) is 0 Å². The molecule has 0 spiro atoms. The third-order valence-electron chi connectivity index (χ3n) is 0.878. The fourth-order valence-electron chi connectivity index (χ4n) is 0.332. The number of rotatable bonds is 3. The van der Waals surface area contributed by atoms with E-state index in [9.17, 15) is 0 Å². The number of aliphatic hydroxyl groups excluding tert-OH is 1. The molecule has 2 heteroatoms. The molecule has 48 valence electrons. The lowest BCUT2D eigenvalue weighted by Gasteiger charge is -1.95. The Hall–Kier alpha value is -0.370. The summed E-state index contributed by atoms with van der Waals surface area (Å²) >= 11 is 0. The first-order chi connectivity index (χ1) is 3.81. The molecule has 0 saturated heterocycles. The molecule has 0 fully saturated rings. The lowest BCUT2D eigenvalue weighted by atomic mass is 10.3. The van der Waals surface area contributed by atoms with Gasteiger partial charge in [0.15, 0.2) is 0 Å². The quantitative estimate of drug-likeness (QED) is 0.543. The molecule has 0 rings (SSSR count). The summed E-state index contributed by atoms with van der Waals surface area (Å²) in [7, 11) is 0. The first-order valence-corrected chi connectivity index (χ1v) is 2.99. The molecule has 0 aliphatic heterocycles. The summed E-state index contributed by atoms with van der Waals surface area (Å²) in [5, 5.41) is 8.84. The van der Waals surface area contributed by atoms with Crippen LogP contribution in [0.15, 0.2) is 4.99 Å². The zero-order chi connectivity index (χ0) is 6.41. The van der Waals surface area contributed by atoms with Crippen LogP contribution in [0.25, 0.3) is 0 Å². The van der Waals surface area contributed by atoms with Crippen molar-refractivity contribution in [3.8, 4) is 0 Å². The van der Waals surface area contributed by atoms with Gasteiger partial charge in [-0.2, -0.15) is 0 Å². The first kappa shape index (κ1) is 7.63. The second-order valence-electron chi connectivity index (χ2n) is 1.62. The van der Waals surface area contributed by atoms with Crippen LogP contribution < -0.4 is 0 Å². The fraction of sp³-hybridized carbons (Fsp3) is 0.833. The molecule has 0 aliphatic rings. The molecule has 1 atom stereocenters. The Labute approximate surface area is 50.3 Å². The Balaban J connectivity index is 3.21. The van der Waals surface area contributed by atoms with Gasteiger partial charge in [0.05, 0.1) is 6.10 Å². The van der Waals surface area contributed by atoms with Crippen molar-refractivity contribution in [2.24, 2.45) is 4.99 Å². The summed E-state index contributed by atoms with van der Waals surface area (Å²) in [5.41, 5.74) is 0. The lowest BCUT2D eigenvalue weighted by Crippen LogP contribution is -2.05. The predicted octanol–water partition coefficient (Wildman–Crippen LogP) is 0.848. The molecule has 0 aliphatic carbocycles. The molecule has 0 bridgehead atoms. The van der Waals surface area contributed by atoms with Crippen LogP contribution in [0.2, 0.25) is 0 Å². The van der Waals surface area contributed by atoms with Gasteiger partial charge in [-0.05, 0) is 13.3 Å². The van der Waals surface area contributed by atoms with E-state index in [4.69, 9.17) is 5.11 Å². The third kappa shape index (κ3) is 3.81. The molecule has 0 aromatic rings. The second kappa shape index (κ2) is 4.78. The van der Waals surface area contributed by atoms with Crippen molar-refractivity contribution in [3.05, 3.63) is 0 Å². The van der Waals surface area contributed by atoms with Gasteiger partial charge in [-0.3, -0.25) is 4.99 Å². The molecular formula is C6H13NO. The van der Waals surface area contributed by atoms with Crippen molar-refractivity contribution in [1.29, 1.82) is 0 Å². The first-order valence-electron chi connectivity index (χ1n) is 2.99. The molecule has 0 aromatic carbocycles. The zero-order valence-corrected chi connectivity index (χ0v) is 5.46. The van der Waals surface area contributed by atoms with Crippen LogP contribution in [0, 0.1) is 0 Å². The number of aliphatic imine (C=N–C) groups is 1. The lowest BCUT2D eigenvalue weighted by molar-refractivity contribution is 0.242. The van der Waals surface area contributed by atoms with E-state index < -0.39 is 0 Å². The summed E-state index contributed by atoms with van der Waals surface area (Å²) in [6.07, 6.45) is 2.00. The molecule has 1 N–H and O–H groups in total. The average Bonchev–Trinajstić information content (AvgIpc) is 1.83. The van der Waals surface area contributed by atoms with Crippen LogP contribution in [-0.2, 0) is 0 Å². The average molecular weight is 115 g/mol. The SMILES string of the molecule is CCN=CC(O)CC. The number of hydrogen-bond donors (Lipinski definition) is 1. The van der Waals surface area contributed by atoms with Gasteiger partial charge in [0.2, 0.25) is 0 Å². The van der Waals surface area contributed by atoms with E-state index in [0.29, 0.717) is 0 Å². The summed E-state index contributed by atoms with van der Waals surface area (Å²) < 4.78 is 0. The minimum Gasteiger partial charge on any atom is -0.387 e. The molecule has 0 saturated carbocycles. The predicted molar refractivity (Wildman–Crippen MR) is 35.3 cm³/mol. The second-order valence-corrected chi connectivity index (χ2v) is 1.62. The van der Waals surface area contributed by atoms with E-state index in [1.165, 1.54) is 0 Å². The molecule has 0 amide bonds. The molecule has 2 nitrogen and oxygen atoms in total. The van der Waals surface area contributed by atoms with Gasteiger partial charge in [-0.15, -0.1) is 0 Å². The van der Waals surface area contributed by atoms with E-state index in [1.807, 2.05) is 13.8 Å². The van der Waals surface area contributed by atoms with Gasteiger partial charge in [-0.1, -0.05) is 6.92 Å². The van der Waals surface area contributed by atoms with E-state index in [-0.39, 0.29) is 6.10 Å². The number of nitrogens with zero attached hydrogens (tertiary/aromatic N) is 1. The maximum absolute atomic E-state index is 8.84. The highest BCUT2D eigenvalue weighted by Crippen LogP contribution is 1.83. The van der Waals surface area contributed by atoms with Gasteiger partial charge in [-0.25, -0.2) is 0 Å². The third-order valence-corrected chi connectivity index (χ3v) is 0.878. The van der Waals surface area contributed by atoms with E-state index in [2.05, 4.69) is 4.99 Å². The summed E-state index contributed by atoms with van der Waals surface area (Å²) in [6, 6.07) is 0.